The van der Waals surface area contributed by atoms with Gasteiger partial charge in [0.05, 0.1) is 18.1 Å². The Balaban J connectivity index is 1.92. The van der Waals surface area contributed by atoms with Crippen LogP contribution in [0.25, 0.3) is 0 Å². The highest BCUT2D eigenvalue weighted by Crippen LogP contribution is 2.27. The monoisotopic (exact) mass is 301 g/mol. The van der Waals surface area contributed by atoms with E-state index in [1.165, 1.54) is 6.07 Å². The Bertz CT molecular complexity index is 533. The Labute approximate surface area is 119 Å². The number of benzene rings is 1. The Morgan fingerprint density at radius 1 is 1.30 bits per heavy atom. The number of hydrogen-bond donors (Lipinski definition) is 1. The molecular formula is C14H20FNO3S. The number of hydrogen-bond acceptors (Lipinski definition) is 4. The largest absolute Gasteiger partial charge is 0.490 e. The predicted molar refractivity (Wildman–Crippen MR) is 75.8 cm³/mol. The molecule has 2 rings (SSSR count). The molecule has 112 valence electrons. The topological polar surface area (TPSA) is 69.4 Å². The maximum atomic E-state index is 13.5. The molecule has 1 unspecified atom stereocenters. The van der Waals surface area contributed by atoms with Crippen LogP contribution in [0.2, 0.25) is 0 Å². The van der Waals surface area contributed by atoms with E-state index in [0.29, 0.717) is 26.0 Å². The Morgan fingerprint density at radius 3 is 2.55 bits per heavy atom. The molecule has 0 aliphatic carbocycles. The summed E-state index contributed by atoms with van der Waals surface area (Å²) in [5.41, 5.74) is 5.75. The molecule has 1 heterocycles. The van der Waals surface area contributed by atoms with Crippen LogP contribution in [0.3, 0.4) is 0 Å². The van der Waals surface area contributed by atoms with Gasteiger partial charge in [0.25, 0.3) is 0 Å². The first-order valence-electron chi connectivity index (χ1n) is 6.79. The van der Waals surface area contributed by atoms with E-state index >= 15 is 0 Å². The number of para-hydroxylation sites is 1. The summed E-state index contributed by atoms with van der Waals surface area (Å²) < 4.78 is 41.8. The van der Waals surface area contributed by atoms with Gasteiger partial charge in [0.15, 0.2) is 11.6 Å². The fourth-order valence-corrected chi connectivity index (χ4v) is 4.06. The molecule has 1 aliphatic heterocycles. The van der Waals surface area contributed by atoms with Crippen LogP contribution in [-0.4, -0.2) is 33.1 Å². The molecule has 1 aromatic rings. The first-order chi connectivity index (χ1) is 9.52. The highest BCUT2D eigenvalue weighted by Gasteiger charge is 2.29. The molecule has 1 saturated heterocycles. The van der Waals surface area contributed by atoms with Crippen LogP contribution in [-0.2, 0) is 9.84 Å². The Kier molecular flexibility index (Phi) is 4.99. The Morgan fingerprint density at radius 2 is 1.95 bits per heavy atom. The van der Waals surface area contributed by atoms with Crippen LogP contribution in [0.1, 0.15) is 12.8 Å². The molecule has 2 N–H and O–H groups in total. The van der Waals surface area contributed by atoms with Crippen LogP contribution in [0.5, 0.6) is 5.75 Å². The molecular weight excluding hydrogens is 281 g/mol. The quantitative estimate of drug-likeness (QED) is 0.897. The van der Waals surface area contributed by atoms with Crippen molar-refractivity contribution < 1.29 is 17.5 Å². The standard InChI is InChI=1S/C14H20FNO3S/c15-13-3-1-2-4-14(13)19-10-12(9-16)11-5-7-20(17,18)8-6-11/h1-4,11-12H,5-10,16H2. The molecule has 0 bridgehead atoms. The lowest BCUT2D eigenvalue weighted by Gasteiger charge is -2.29. The molecule has 0 amide bonds. The van der Waals surface area contributed by atoms with Crippen molar-refractivity contribution >= 4 is 9.84 Å². The van der Waals surface area contributed by atoms with E-state index in [1.54, 1.807) is 18.2 Å². The number of nitrogens with two attached hydrogens (primary N) is 1. The summed E-state index contributed by atoms with van der Waals surface area (Å²) in [6, 6.07) is 6.24. The molecule has 1 aromatic carbocycles. The van der Waals surface area contributed by atoms with E-state index < -0.39 is 15.7 Å². The Hall–Kier alpha value is -1.14. The van der Waals surface area contributed by atoms with Crippen LogP contribution < -0.4 is 10.5 Å². The van der Waals surface area contributed by atoms with Crippen LogP contribution in [0.4, 0.5) is 4.39 Å². The van der Waals surface area contributed by atoms with Crippen LogP contribution in [0, 0.1) is 17.7 Å². The van der Waals surface area contributed by atoms with Gasteiger partial charge in [0.2, 0.25) is 0 Å². The molecule has 6 heteroatoms. The summed E-state index contributed by atoms with van der Waals surface area (Å²) >= 11 is 0. The van der Waals surface area contributed by atoms with Crippen molar-refractivity contribution in [1.82, 2.24) is 0 Å². The summed E-state index contributed by atoms with van der Waals surface area (Å²) in [4.78, 5) is 0. The van der Waals surface area contributed by atoms with Crippen molar-refractivity contribution in [3.05, 3.63) is 30.1 Å². The van der Waals surface area contributed by atoms with Gasteiger partial charge in [-0.25, -0.2) is 12.8 Å². The molecule has 20 heavy (non-hydrogen) atoms. The lowest BCUT2D eigenvalue weighted by molar-refractivity contribution is 0.184. The smallest absolute Gasteiger partial charge is 0.165 e. The van der Waals surface area contributed by atoms with Gasteiger partial charge in [0, 0.05) is 5.92 Å². The maximum Gasteiger partial charge on any atom is 0.165 e. The summed E-state index contributed by atoms with van der Waals surface area (Å²) in [5.74, 6) is 0.547. The van der Waals surface area contributed by atoms with Crippen molar-refractivity contribution in [2.75, 3.05) is 24.7 Å². The molecule has 1 fully saturated rings. The first-order valence-corrected chi connectivity index (χ1v) is 8.62. The van der Waals surface area contributed by atoms with Gasteiger partial charge in [-0.05, 0) is 37.4 Å². The van der Waals surface area contributed by atoms with Gasteiger partial charge in [-0.2, -0.15) is 0 Å². The lowest BCUT2D eigenvalue weighted by Crippen LogP contribution is -2.35. The van der Waals surface area contributed by atoms with Crippen molar-refractivity contribution in [3.8, 4) is 5.75 Å². The fraction of sp³-hybridized carbons (Fsp3) is 0.571. The van der Waals surface area contributed by atoms with E-state index in [0.717, 1.165) is 0 Å². The predicted octanol–water partition coefficient (Wildman–Crippen LogP) is 1.60. The molecule has 4 nitrogen and oxygen atoms in total. The van der Waals surface area contributed by atoms with E-state index in [9.17, 15) is 12.8 Å². The van der Waals surface area contributed by atoms with Gasteiger partial charge in [0.1, 0.15) is 9.84 Å². The SMILES string of the molecule is NCC(COc1ccccc1F)C1CCS(=O)(=O)CC1. The van der Waals surface area contributed by atoms with E-state index in [-0.39, 0.29) is 29.1 Å². The van der Waals surface area contributed by atoms with Gasteiger partial charge in [-0.3, -0.25) is 0 Å². The summed E-state index contributed by atoms with van der Waals surface area (Å²) in [6.45, 7) is 0.737. The molecule has 0 saturated carbocycles. The number of sulfone groups is 1. The highest BCUT2D eigenvalue weighted by atomic mass is 32.2. The third-order valence-electron chi connectivity index (χ3n) is 3.86. The summed E-state index contributed by atoms with van der Waals surface area (Å²) in [7, 11) is -2.87. The second-order valence-electron chi connectivity index (χ2n) is 5.23. The maximum absolute atomic E-state index is 13.5. The fourth-order valence-electron chi connectivity index (χ4n) is 2.53. The minimum absolute atomic E-state index is 0.0603. The zero-order valence-corrected chi connectivity index (χ0v) is 12.1. The number of ether oxygens (including phenoxy) is 1. The van der Waals surface area contributed by atoms with Crippen molar-refractivity contribution in [2.45, 2.75) is 12.8 Å². The van der Waals surface area contributed by atoms with Crippen LogP contribution in [0.15, 0.2) is 24.3 Å². The van der Waals surface area contributed by atoms with Crippen molar-refractivity contribution in [2.24, 2.45) is 17.6 Å². The molecule has 1 aliphatic rings. The number of rotatable bonds is 5. The van der Waals surface area contributed by atoms with E-state index in [4.69, 9.17) is 10.5 Å². The molecule has 1 atom stereocenters. The van der Waals surface area contributed by atoms with E-state index in [2.05, 4.69) is 0 Å². The first kappa shape index (κ1) is 15.3. The summed E-state index contributed by atoms with van der Waals surface area (Å²) in [6.07, 6.45) is 1.23. The molecule has 0 radical (unpaired) electrons. The summed E-state index contributed by atoms with van der Waals surface area (Å²) in [5, 5.41) is 0. The lowest BCUT2D eigenvalue weighted by atomic mass is 9.88. The second kappa shape index (κ2) is 6.54. The van der Waals surface area contributed by atoms with Gasteiger partial charge in [-0.15, -0.1) is 0 Å². The van der Waals surface area contributed by atoms with Gasteiger partial charge in [-0.1, -0.05) is 12.1 Å². The average molecular weight is 301 g/mol. The van der Waals surface area contributed by atoms with Gasteiger partial charge >= 0.3 is 0 Å². The number of halogens is 1. The zero-order chi connectivity index (χ0) is 14.6. The minimum Gasteiger partial charge on any atom is -0.490 e. The normalized spacial score (nSPS) is 20.5. The highest BCUT2D eigenvalue weighted by molar-refractivity contribution is 7.91. The van der Waals surface area contributed by atoms with E-state index in [1.807, 2.05) is 0 Å². The minimum atomic E-state index is -2.87. The van der Waals surface area contributed by atoms with Gasteiger partial charge < -0.3 is 10.5 Å². The molecule has 0 aromatic heterocycles. The average Bonchev–Trinajstić information content (AvgIpc) is 2.42. The zero-order valence-electron chi connectivity index (χ0n) is 11.3. The third kappa shape index (κ3) is 3.93. The third-order valence-corrected chi connectivity index (χ3v) is 5.57. The van der Waals surface area contributed by atoms with Crippen molar-refractivity contribution in [3.63, 3.8) is 0 Å². The van der Waals surface area contributed by atoms with Crippen molar-refractivity contribution in [1.29, 1.82) is 0 Å². The molecule has 0 spiro atoms. The second-order valence-corrected chi connectivity index (χ2v) is 7.53. The van der Waals surface area contributed by atoms with Crippen LogP contribution >= 0.6 is 0 Å².